The molecule has 0 bridgehead atoms. The van der Waals surface area contributed by atoms with Gasteiger partial charge in [0.2, 0.25) is 0 Å². The summed E-state index contributed by atoms with van der Waals surface area (Å²) in [7, 11) is 0. The first-order valence-electron chi connectivity index (χ1n) is 6.25. The highest BCUT2D eigenvalue weighted by Crippen LogP contribution is 2.30. The monoisotopic (exact) mass is 198 g/mol. The average Bonchev–Trinajstić information content (AvgIpc) is 2.65. The summed E-state index contributed by atoms with van der Waals surface area (Å²) in [6, 6.07) is 4.69. The Morgan fingerprint density at radius 1 is 0.800 bits per heavy atom. The minimum absolute atomic E-state index is 1.18. The van der Waals surface area contributed by atoms with Crippen LogP contribution in [0.5, 0.6) is 0 Å². The molecule has 0 saturated heterocycles. The fraction of sp³-hybridized carbons (Fsp3) is 0.467. The summed E-state index contributed by atoms with van der Waals surface area (Å²) >= 11 is 0. The zero-order valence-corrected chi connectivity index (χ0v) is 9.26. The smallest absolute Gasteiger partial charge is 0.00853 e. The predicted octanol–water partition coefficient (Wildman–Crippen LogP) is 3.91. The van der Waals surface area contributed by atoms with E-state index in [4.69, 9.17) is 0 Å². The van der Waals surface area contributed by atoms with Crippen LogP contribution in [-0.2, 0) is 19.3 Å². The molecule has 0 saturated carbocycles. The zero-order valence-electron chi connectivity index (χ0n) is 9.26. The van der Waals surface area contributed by atoms with Gasteiger partial charge in [0.1, 0.15) is 0 Å². The number of allylic oxidation sites excluding steroid dienone is 1. The van der Waals surface area contributed by atoms with Crippen LogP contribution in [0.3, 0.4) is 0 Å². The normalized spacial score (nSPS) is 19.2. The van der Waals surface area contributed by atoms with Crippen LogP contribution in [0, 0.1) is 0 Å². The molecule has 0 radical (unpaired) electrons. The highest BCUT2D eigenvalue weighted by atomic mass is 14.2. The maximum absolute atomic E-state index is 2.37. The van der Waals surface area contributed by atoms with E-state index in [9.17, 15) is 0 Å². The minimum Gasteiger partial charge on any atom is -0.0795 e. The van der Waals surface area contributed by atoms with Gasteiger partial charge < -0.3 is 0 Å². The van der Waals surface area contributed by atoms with Crippen LogP contribution in [0.1, 0.15) is 47.9 Å². The topological polar surface area (TPSA) is 0 Å². The third-order valence-corrected chi connectivity index (χ3v) is 3.81. The van der Waals surface area contributed by atoms with Crippen molar-refractivity contribution in [1.82, 2.24) is 0 Å². The summed E-state index contributed by atoms with van der Waals surface area (Å²) in [5.74, 6) is 0. The molecule has 0 fully saturated rings. The molecule has 0 aromatic heterocycles. The lowest BCUT2D eigenvalue weighted by Crippen LogP contribution is -2.03. The summed E-state index contributed by atoms with van der Waals surface area (Å²) in [5.41, 5.74) is 6.44. The maximum atomic E-state index is 2.37. The lowest BCUT2D eigenvalue weighted by atomic mass is 9.88. The second kappa shape index (κ2) is 3.84. The summed E-state index contributed by atoms with van der Waals surface area (Å²) < 4.78 is 0. The molecule has 0 nitrogen and oxygen atoms in total. The molecule has 15 heavy (non-hydrogen) atoms. The molecule has 1 aromatic carbocycles. The number of hydrogen-bond acceptors (Lipinski definition) is 0. The highest BCUT2D eigenvalue weighted by molar-refractivity contribution is 5.63. The molecule has 0 heterocycles. The van der Waals surface area contributed by atoms with E-state index in [1.165, 1.54) is 50.5 Å². The Morgan fingerprint density at radius 2 is 1.67 bits per heavy atom. The van der Waals surface area contributed by atoms with Crippen molar-refractivity contribution in [3.63, 3.8) is 0 Å². The summed E-state index contributed by atoms with van der Waals surface area (Å²) in [4.78, 5) is 0. The molecule has 2 aliphatic rings. The van der Waals surface area contributed by atoms with E-state index < -0.39 is 0 Å². The Morgan fingerprint density at radius 3 is 2.60 bits per heavy atom. The zero-order chi connectivity index (χ0) is 10.1. The van der Waals surface area contributed by atoms with Gasteiger partial charge >= 0.3 is 0 Å². The van der Waals surface area contributed by atoms with E-state index in [1.807, 2.05) is 0 Å². The fourth-order valence-electron chi connectivity index (χ4n) is 2.98. The average molecular weight is 198 g/mol. The Balaban J connectivity index is 2.05. The summed E-state index contributed by atoms with van der Waals surface area (Å²) in [6.07, 6.45) is 14.0. The fourth-order valence-corrected chi connectivity index (χ4v) is 2.98. The van der Waals surface area contributed by atoms with Gasteiger partial charge in [0.15, 0.2) is 0 Å². The molecule has 78 valence electrons. The van der Waals surface area contributed by atoms with E-state index in [0.717, 1.165) is 0 Å². The van der Waals surface area contributed by atoms with Crippen LogP contribution in [0.25, 0.3) is 6.08 Å². The SMILES string of the molecule is C1=Cc2ccc3c(c2C1)CCCCCC3. The molecule has 0 spiro atoms. The number of rotatable bonds is 0. The second-order valence-corrected chi connectivity index (χ2v) is 4.79. The van der Waals surface area contributed by atoms with Crippen molar-refractivity contribution in [2.45, 2.75) is 44.9 Å². The van der Waals surface area contributed by atoms with Crippen LogP contribution in [0.15, 0.2) is 18.2 Å². The van der Waals surface area contributed by atoms with Crippen LogP contribution >= 0.6 is 0 Å². The standard InChI is InChI=1S/C15H18/c1-2-4-8-14-12(6-3-1)10-11-13-7-5-9-15(13)14/h5,7,10-11H,1-4,6,8-9H2. The minimum atomic E-state index is 1.18. The van der Waals surface area contributed by atoms with Gasteiger partial charge in [0.05, 0.1) is 0 Å². The van der Waals surface area contributed by atoms with Gasteiger partial charge in [-0.2, -0.15) is 0 Å². The molecule has 0 unspecified atom stereocenters. The van der Waals surface area contributed by atoms with Gasteiger partial charge in [-0.1, -0.05) is 37.1 Å². The van der Waals surface area contributed by atoms with Gasteiger partial charge in [0, 0.05) is 0 Å². The van der Waals surface area contributed by atoms with E-state index >= 15 is 0 Å². The van der Waals surface area contributed by atoms with Gasteiger partial charge in [-0.15, -0.1) is 0 Å². The molecular weight excluding hydrogens is 180 g/mol. The van der Waals surface area contributed by atoms with E-state index in [2.05, 4.69) is 24.3 Å². The molecule has 0 heteroatoms. The third-order valence-electron chi connectivity index (χ3n) is 3.81. The molecule has 3 rings (SSSR count). The van der Waals surface area contributed by atoms with Crippen molar-refractivity contribution in [2.75, 3.05) is 0 Å². The van der Waals surface area contributed by atoms with Crippen molar-refractivity contribution < 1.29 is 0 Å². The van der Waals surface area contributed by atoms with E-state index in [1.54, 1.807) is 16.7 Å². The third kappa shape index (κ3) is 1.62. The van der Waals surface area contributed by atoms with Crippen LogP contribution in [0.2, 0.25) is 0 Å². The molecule has 0 amide bonds. The van der Waals surface area contributed by atoms with Crippen molar-refractivity contribution in [2.24, 2.45) is 0 Å². The predicted molar refractivity (Wildman–Crippen MR) is 65.1 cm³/mol. The maximum Gasteiger partial charge on any atom is -0.00853 e. The van der Waals surface area contributed by atoms with Crippen molar-refractivity contribution in [3.8, 4) is 0 Å². The summed E-state index contributed by atoms with van der Waals surface area (Å²) in [5, 5.41) is 0. The van der Waals surface area contributed by atoms with Crippen LogP contribution < -0.4 is 0 Å². The number of fused-ring (bicyclic) bond motifs is 3. The highest BCUT2D eigenvalue weighted by Gasteiger charge is 2.15. The molecule has 2 aliphatic carbocycles. The Kier molecular flexibility index (Phi) is 2.36. The van der Waals surface area contributed by atoms with Crippen molar-refractivity contribution in [1.29, 1.82) is 0 Å². The molecular formula is C15H18. The first-order chi connectivity index (χ1) is 7.45. The van der Waals surface area contributed by atoms with Gasteiger partial charge in [0.25, 0.3) is 0 Å². The van der Waals surface area contributed by atoms with Gasteiger partial charge in [-0.3, -0.25) is 0 Å². The Labute approximate surface area is 92.0 Å². The quantitative estimate of drug-likeness (QED) is 0.593. The number of aryl methyl sites for hydroxylation is 1. The number of hydrogen-bond donors (Lipinski definition) is 0. The Hall–Kier alpha value is -1.04. The van der Waals surface area contributed by atoms with Crippen LogP contribution in [0.4, 0.5) is 0 Å². The molecule has 0 atom stereocenters. The van der Waals surface area contributed by atoms with E-state index in [0.29, 0.717) is 0 Å². The lowest BCUT2D eigenvalue weighted by Gasteiger charge is -2.17. The largest absolute Gasteiger partial charge is 0.0795 e. The first kappa shape index (κ1) is 9.21. The van der Waals surface area contributed by atoms with Crippen molar-refractivity contribution >= 4 is 6.08 Å². The summed E-state index contributed by atoms with van der Waals surface area (Å²) in [6.45, 7) is 0. The van der Waals surface area contributed by atoms with Crippen molar-refractivity contribution in [3.05, 3.63) is 40.5 Å². The van der Waals surface area contributed by atoms with Gasteiger partial charge in [-0.25, -0.2) is 0 Å². The van der Waals surface area contributed by atoms with Gasteiger partial charge in [-0.05, 0) is 54.4 Å². The molecule has 0 N–H and O–H groups in total. The second-order valence-electron chi connectivity index (χ2n) is 4.79. The molecule has 0 aliphatic heterocycles. The lowest BCUT2D eigenvalue weighted by molar-refractivity contribution is 0.615. The van der Waals surface area contributed by atoms with Crippen LogP contribution in [-0.4, -0.2) is 0 Å². The number of benzene rings is 1. The molecule has 1 aromatic rings. The Bertz CT molecular complexity index is 399. The first-order valence-corrected chi connectivity index (χ1v) is 6.25. The van der Waals surface area contributed by atoms with E-state index in [-0.39, 0.29) is 0 Å².